The molecule has 2 aromatic heterocycles. The van der Waals surface area contributed by atoms with Crippen LogP contribution in [0.25, 0.3) is 10.6 Å². The van der Waals surface area contributed by atoms with Gasteiger partial charge in [-0.1, -0.05) is 46.6 Å². The van der Waals surface area contributed by atoms with Crippen molar-refractivity contribution in [2.75, 3.05) is 25.7 Å². The molecule has 4 rings (SSSR count). The number of carbonyl (C=O) groups excluding carboxylic acids is 1. The van der Waals surface area contributed by atoms with Crippen molar-refractivity contribution in [2.45, 2.75) is 13.5 Å². The van der Waals surface area contributed by atoms with Crippen molar-refractivity contribution in [2.24, 2.45) is 0 Å². The number of aromatic nitrogens is 4. The van der Waals surface area contributed by atoms with Gasteiger partial charge in [-0.15, -0.1) is 16.4 Å². The van der Waals surface area contributed by atoms with Crippen LogP contribution in [0.3, 0.4) is 0 Å². The third kappa shape index (κ3) is 5.01. The maximum atomic E-state index is 12.6. The molecule has 11 heteroatoms. The second-order valence-electron chi connectivity index (χ2n) is 7.19. The van der Waals surface area contributed by atoms with Gasteiger partial charge in [0.2, 0.25) is 5.69 Å². The van der Waals surface area contributed by atoms with Gasteiger partial charge in [0.25, 0.3) is 0 Å². The maximum absolute atomic E-state index is 12.6. The Balaban J connectivity index is 1.69. The molecule has 2 heterocycles. The van der Waals surface area contributed by atoms with Crippen LogP contribution in [0.15, 0.2) is 47.8 Å². The van der Waals surface area contributed by atoms with Gasteiger partial charge in [0.15, 0.2) is 5.82 Å². The number of carbonyl (C=O) groups is 1. The van der Waals surface area contributed by atoms with Crippen molar-refractivity contribution in [3.8, 4) is 16.3 Å². The van der Waals surface area contributed by atoms with Gasteiger partial charge in [0.05, 0.1) is 30.3 Å². The van der Waals surface area contributed by atoms with Crippen LogP contribution in [0.4, 0.5) is 11.6 Å². The van der Waals surface area contributed by atoms with E-state index in [1.165, 1.54) is 11.3 Å². The number of hydrogen-bond acceptors (Lipinski definition) is 8. The van der Waals surface area contributed by atoms with Crippen molar-refractivity contribution < 1.29 is 14.3 Å². The number of halogens is 2. The van der Waals surface area contributed by atoms with E-state index in [9.17, 15) is 4.79 Å². The first-order valence-corrected chi connectivity index (χ1v) is 11.9. The summed E-state index contributed by atoms with van der Waals surface area (Å²) in [6.07, 6.45) is 0. The standard InChI is InChI=1S/C23H21Cl2N5O3S/c1-4-33-23(31)20-22(30(28-27-20)12-14-5-8-16(32-3)9-6-14)29(2)19-13-34-21(26-19)15-7-10-17(24)18(25)11-15/h5-11,13H,4,12H2,1-3H3. The van der Waals surface area contributed by atoms with Crippen LogP contribution in [-0.4, -0.2) is 46.7 Å². The molecule has 0 aliphatic carbocycles. The third-order valence-electron chi connectivity index (χ3n) is 4.99. The van der Waals surface area contributed by atoms with E-state index < -0.39 is 5.97 Å². The van der Waals surface area contributed by atoms with E-state index in [0.29, 0.717) is 28.2 Å². The van der Waals surface area contributed by atoms with E-state index in [2.05, 4.69) is 10.3 Å². The summed E-state index contributed by atoms with van der Waals surface area (Å²) in [5.41, 5.74) is 1.92. The van der Waals surface area contributed by atoms with Gasteiger partial charge in [-0.25, -0.2) is 14.5 Å². The van der Waals surface area contributed by atoms with Crippen LogP contribution >= 0.6 is 34.5 Å². The van der Waals surface area contributed by atoms with Crippen LogP contribution in [0.1, 0.15) is 23.0 Å². The summed E-state index contributed by atoms with van der Waals surface area (Å²) < 4.78 is 12.1. The smallest absolute Gasteiger partial charge is 0.362 e. The fourth-order valence-corrected chi connectivity index (χ4v) is 4.41. The van der Waals surface area contributed by atoms with E-state index >= 15 is 0 Å². The first-order chi connectivity index (χ1) is 16.4. The Hall–Kier alpha value is -3.14. The molecular weight excluding hydrogens is 497 g/mol. The first-order valence-electron chi connectivity index (χ1n) is 10.3. The summed E-state index contributed by atoms with van der Waals surface area (Å²) >= 11 is 13.7. The van der Waals surface area contributed by atoms with Crippen molar-refractivity contribution in [3.63, 3.8) is 0 Å². The van der Waals surface area contributed by atoms with Gasteiger partial charge in [-0.05, 0) is 36.8 Å². The zero-order chi connectivity index (χ0) is 24.2. The third-order valence-corrected chi connectivity index (χ3v) is 6.61. The van der Waals surface area contributed by atoms with Crippen molar-refractivity contribution in [3.05, 3.63) is 69.1 Å². The summed E-state index contributed by atoms with van der Waals surface area (Å²) in [5, 5.41) is 11.9. The minimum atomic E-state index is -0.551. The van der Waals surface area contributed by atoms with Crippen molar-refractivity contribution in [1.82, 2.24) is 20.0 Å². The van der Waals surface area contributed by atoms with E-state index in [1.54, 1.807) is 42.8 Å². The van der Waals surface area contributed by atoms with Gasteiger partial charge < -0.3 is 14.4 Å². The normalized spacial score (nSPS) is 10.9. The second kappa shape index (κ2) is 10.4. The lowest BCUT2D eigenvalue weighted by Gasteiger charge is -2.18. The number of benzene rings is 2. The largest absolute Gasteiger partial charge is 0.497 e. The first kappa shape index (κ1) is 24.0. The Labute approximate surface area is 210 Å². The quantitative estimate of drug-likeness (QED) is 0.276. The number of rotatable bonds is 8. The summed E-state index contributed by atoms with van der Waals surface area (Å²) in [7, 11) is 3.42. The Kier molecular flexibility index (Phi) is 7.35. The van der Waals surface area contributed by atoms with Crippen LogP contribution in [0.5, 0.6) is 5.75 Å². The highest BCUT2D eigenvalue weighted by Gasteiger charge is 2.26. The highest BCUT2D eigenvalue weighted by Crippen LogP contribution is 2.34. The van der Waals surface area contributed by atoms with Gasteiger partial charge in [0, 0.05) is 18.0 Å². The van der Waals surface area contributed by atoms with Crippen LogP contribution in [0.2, 0.25) is 10.0 Å². The number of nitrogens with zero attached hydrogens (tertiary/aromatic N) is 5. The van der Waals surface area contributed by atoms with Gasteiger partial charge in [-0.3, -0.25) is 0 Å². The van der Waals surface area contributed by atoms with E-state index in [-0.39, 0.29) is 12.3 Å². The van der Waals surface area contributed by atoms with Crippen molar-refractivity contribution >= 4 is 52.1 Å². The molecular formula is C23H21Cl2N5O3S. The predicted molar refractivity (Wildman–Crippen MR) is 134 cm³/mol. The summed E-state index contributed by atoms with van der Waals surface area (Å²) in [6, 6.07) is 13.0. The number of hydrogen-bond donors (Lipinski definition) is 0. The monoisotopic (exact) mass is 517 g/mol. The molecule has 0 atom stereocenters. The Morgan fingerprint density at radius 3 is 2.59 bits per heavy atom. The van der Waals surface area contributed by atoms with Crippen molar-refractivity contribution in [1.29, 1.82) is 0 Å². The fraction of sp³-hybridized carbons (Fsp3) is 0.217. The molecule has 0 spiro atoms. The van der Waals surface area contributed by atoms with Crippen LogP contribution < -0.4 is 9.64 Å². The minimum absolute atomic E-state index is 0.113. The average Bonchev–Trinajstić information content (AvgIpc) is 3.49. The van der Waals surface area contributed by atoms with E-state index in [1.807, 2.05) is 35.7 Å². The summed E-state index contributed by atoms with van der Waals surface area (Å²) in [5.74, 6) is 1.30. The molecule has 0 aliphatic heterocycles. The summed E-state index contributed by atoms with van der Waals surface area (Å²) in [6.45, 7) is 2.36. The molecule has 0 amide bonds. The van der Waals surface area contributed by atoms with Gasteiger partial charge in [0.1, 0.15) is 16.6 Å². The second-order valence-corrected chi connectivity index (χ2v) is 8.86. The molecule has 0 bridgehead atoms. The molecule has 176 valence electrons. The lowest BCUT2D eigenvalue weighted by atomic mass is 10.2. The molecule has 34 heavy (non-hydrogen) atoms. The molecule has 0 N–H and O–H groups in total. The number of anilines is 2. The number of esters is 1. The molecule has 0 saturated heterocycles. The molecule has 0 fully saturated rings. The Morgan fingerprint density at radius 1 is 1.15 bits per heavy atom. The molecule has 0 radical (unpaired) electrons. The molecule has 8 nitrogen and oxygen atoms in total. The average molecular weight is 518 g/mol. The Bertz CT molecular complexity index is 1310. The lowest BCUT2D eigenvalue weighted by molar-refractivity contribution is 0.0520. The zero-order valence-corrected chi connectivity index (χ0v) is 21.0. The zero-order valence-electron chi connectivity index (χ0n) is 18.7. The SMILES string of the molecule is CCOC(=O)c1nnn(Cc2ccc(OC)cc2)c1N(C)c1csc(-c2ccc(Cl)c(Cl)c2)n1. The Morgan fingerprint density at radius 2 is 1.91 bits per heavy atom. The minimum Gasteiger partial charge on any atom is -0.497 e. The molecule has 2 aromatic carbocycles. The summed E-state index contributed by atoms with van der Waals surface area (Å²) in [4.78, 5) is 19.1. The van der Waals surface area contributed by atoms with Gasteiger partial charge in [-0.2, -0.15) is 0 Å². The predicted octanol–water partition coefficient (Wildman–Crippen LogP) is 5.71. The van der Waals surface area contributed by atoms with E-state index in [4.69, 9.17) is 37.7 Å². The molecule has 4 aromatic rings. The molecule has 0 aliphatic rings. The highest BCUT2D eigenvalue weighted by molar-refractivity contribution is 7.13. The van der Waals surface area contributed by atoms with E-state index in [0.717, 1.165) is 21.9 Å². The fourth-order valence-electron chi connectivity index (χ4n) is 3.27. The lowest BCUT2D eigenvalue weighted by Crippen LogP contribution is -2.19. The molecule has 0 unspecified atom stereocenters. The number of methoxy groups -OCH3 is 1. The van der Waals surface area contributed by atoms with Crippen LogP contribution in [0, 0.1) is 0 Å². The van der Waals surface area contributed by atoms with Crippen LogP contribution in [-0.2, 0) is 11.3 Å². The topological polar surface area (TPSA) is 82.4 Å². The van der Waals surface area contributed by atoms with Gasteiger partial charge >= 0.3 is 5.97 Å². The molecule has 0 saturated carbocycles. The number of ether oxygens (including phenoxy) is 2. The maximum Gasteiger partial charge on any atom is 0.362 e. The highest BCUT2D eigenvalue weighted by atomic mass is 35.5. The number of thiazole rings is 1.